The second-order valence-corrected chi connectivity index (χ2v) is 5.64. The van der Waals surface area contributed by atoms with Gasteiger partial charge in [-0.1, -0.05) is 24.3 Å². The maximum absolute atomic E-state index is 12.3. The molecule has 0 radical (unpaired) electrons. The summed E-state index contributed by atoms with van der Waals surface area (Å²) >= 11 is 0. The fourth-order valence-electron chi connectivity index (χ4n) is 2.82. The minimum absolute atomic E-state index is 0.0833. The molecular formula is C19H21N3O. The maximum atomic E-state index is 12.3. The van der Waals surface area contributed by atoms with Crippen molar-refractivity contribution in [3.05, 3.63) is 53.7 Å². The van der Waals surface area contributed by atoms with E-state index in [0.717, 1.165) is 46.4 Å². The molecule has 1 heterocycles. The van der Waals surface area contributed by atoms with Gasteiger partial charge in [0.2, 0.25) is 0 Å². The molecule has 3 aromatic rings. The molecular weight excluding hydrogens is 286 g/mol. The lowest BCUT2D eigenvalue weighted by Gasteiger charge is -2.18. The Kier molecular flexibility index (Phi) is 4.15. The number of aromatic amines is 1. The second-order valence-electron chi connectivity index (χ2n) is 5.64. The van der Waals surface area contributed by atoms with Gasteiger partial charge in [0.05, 0.1) is 5.52 Å². The Hall–Kier alpha value is -2.62. The number of carbonyl (C=O) groups is 1. The van der Waals surface area contributed by atoms with Crippen molar-refractivity contribution in [3.63, 3.8) is 0 Å². The third-order valence-corrected chi connectivity index (χ3v) is 4.26. The van der Waals surface area contributed by atoms with Crippen LogP contribution in [-0.2, 0) is 0 Å². The fraction of sp³-hybridized carbons (Fsp3) is 0.263. The van der Waals surface area contributed by atoms with Crippen LogP contribution in [0, 0.1) is 6.92 Å². The van der Waals surface area contributed by atoms with Gasteiger partial charge in [-0.25, -0.2) is 0 Å². The molecule has 0 aliphatic rings. The smallest absolute Gasteiger partial charge is 0.253 e. The lowest BCUT2D eigenvalue weighted by Crippen LogP contribution is -2.30. The summed E-state index contributed by atoms with van der Waals surface area (Å²) in [6.07, 6.45) is 0. The molecule has 3 rings (SSSR count). The van der Waals surface area contributed by atoms with E-state index in [1.807, 2.05) is 49.9 Å². The number of nitrogens with one attached hydrogen (secondary N) is 1. The Bertz CT molecular complexity index is 829. The molecule has 0 saturated heterocycles. The Balaban J connectivity index is 1.90. The minimum Gasteiger partial charge on any atom is -0.339 e. The van der Waals surface area contributed by atoms with Crippen molar-refractivity contribution in [1.82, 2.24) is 15.1 Å². The van der Waals surface area contributed by atoms with Gasteiger partial charge in [0.25, 0.3) is 5.91 Å². The van der Waals surface area contributed by atoms with Gasteiger partial charge in [-0.3, -0.25) is 9.89 Å². The van der Waals surface area contributed by atoms with Gasteiger partial charge in [0.1, 0.15) is 0 Å². The van der Waals surface area contributed by atoms with Crippen molar-refractivity contribution in [3.8, 4) is 11.1 Å². The minimum atomic E-state index is 0.0833. The molecule has 0 unspecified atom stereocenters. The SMILES string of the molecule is CCN(CC)C(=O)c1ccc(-c2ccc3c(C)[nH]nc3c2)cc1. The second kappa shape index (κ2) is 6.24. The van der Waals surface area contributed by atoms with Gasteiger partial charge in [-0.2, -0.15) is 5.10 Å². The number of hydrogen-bond acceptors (Lipinski definition) is 2. The fourth-order valence-corrected chi connectivity index (χ4v) is 2.82. The van der Waals surface area contributed by atoms with E-state index in [0.29, 0.717) is 0 Å². The lowest BCUT2D eigenvalue weighted by atomic mass is 10.0. The molecule has 1 aromatic heterocycles. The van der Waals surface area contributed by atoms with Gasteiger partial charge in [0.15, 0.2) is 0 Å². The predicted molar refractivity (Wildman–Crippen MR) is 93.5 cm³/mol. The first kappa shape index (κ1) is 15.3. The van der Waals surface area contributed by atoms with Gasteiger partial charge >= 0.3 is 0 Å². The number of fused-ring (bicyclic) bond motifs is 1. The van der Waals surface area contributed by atoms with E-state index >= 15 is 0 Å². The summed E-state index contributed by atoms with van der Waals surface area (Å²) in [6, 6.07) is 14.0. The highest BCUT2D eigenvalue weighted by atomic mass is 16.2. The van der Waals surface area contributed by atoms with Gasteiger partial charge in [-0.15, -0.1) is 0 Å². The predicted octanol–water partition coefficient (Wildman–Crippen LogP) is 4.02. The highest BCUT2D eigenvalue weighted by Gasteiger charge is 2.12. The summed E-state index contributed by atoms with van der Waals surface area (Å²) in [4.78, 5) is 14.2. The molecule has 1 N–H and O–H groups in total. The summed E-state index contributed by atoms with van der Waals surface area (Å²) in [7, 11) is 0. The van der Waals surface area contributed by atoms with Crippen LogP contribution in [0.15, 0.2) is 42.5 Å². The third kappa shape index (κ3) is 2.84. The number of H-pyrrole nitrogens is 1. The van der Waals surface area contributed by atoms with Gasteiger partial charge in [-0.05, 0) is 50.1 Å². The molecule has 0 saturated carbocycles. The zero-order chi connectivity index (χ0) is 16.4. The standard InChI is InChI=1S/C19H21N3O/c1-4-22(5-2)19(23)15-8-6-14(7-9-15)16-10-11-17-13(3)20-21-18(17)12-16/h6-12H,4-5H2,1-3H3,(H,20,21). The van der Waals surface area contributed by atoms with Crippen molar-refractivity contribution in [2.45, 2.75) is 20.8 Å². The molecule has 2 aromatic carbocycles. The summed E-state index contributed by atoms with van der Waals surface area (Å²) in [5.74, 6) is 0.0833. The topological polar surface area (TPSA) is 49.0 Å². The molecule has 1 amide bonds. The lowest BCUT2D eigenvalue weighted by molar-refractivity contribution is 0.0773. The Morgan fingerprint density at radius 1 is 1.04 bits per heavy atom. The van der Waals surface area contributed by atoms with Crippen LogP contribution in [0.4, 0.5) is 0 Å². The largest absolute Gasteiger partial charge is 0.339 e. The molecule has 0 aliphatic carbocycles. The number of amides is 1. The summed E-state index contributed by atoms with van der Waals surface area (Å²) in [5.41, 5.74) is 4.96. The van der Waals surface area contributed by atoms with E-state index in [4.69, 9.17) is 0 Å². The number of rotatable bonds is 4. The molecule has 0 fully saturated rings. The Morgan fingerprint density at radius 2 is 1.70 bits per heavy atom. The van der Waals surface area contributed by atoms with Crippen LogP contribution in [-0.4, -0.2) is 34.1 Å². The van der Waals surface area contributed by atoms with E-state index in [1.54, 1.807) is 0 Å². The number of carbonyl (C=O) groups excluding carboxylic acids is 1. The van der Waals surface area contributed by atoms with Crippen LogP contribution >= 0.6 is 0 Å². The molecule has 0 bridgehead atoms. The zero-order valence-electron chi connectivity index (χ0n) is 13.8. The Labute approximate surface area is 136 Å². The average molecular weight is 307 g/mol. The summed E-state index contributed by atoms with van der Waals surface area (Å²) in [5, 5.41) is 8.46. The Morgan fingerprint density at radius 3 is 2.35 bits per heavy atom. The molecule has 0 atom stereocenters. The molecule has 4 nitrogen and oxygen atoms in total. The number of aryl methyl sites for hydroxylation is 1. The number of nitrogens with zero attached hydrogens (tertiary/aromatic N) is 2. The third-order valence-electron chi connectivity index (χ3n) is 4.26. The van der Waals surface area contributed by atoms with Crippen LogP contribution in [0.1, 0.15) is 29.9 Å². The van der Waals surface area contributed by atoms with E-state index in [1.165, 1.54) is 0 Å². The molecule has 0 spiro atoms. The summed E-state index contributed by atoms with van der Waals surface area (Å²) < 4.78 is 0. The summed E-state index contributed by atoms with van der Waals surface area (Å²) in [6.45, 7) is 7.47. The van der Waals surface area contributed by atoms with Crippen LogP contribution in [0.25, 0.3) is 22.0 Å². The average Bonchev–Trinajstić information content (AvgIpc) is 2.96. The highest BCUT2D eigenvalue weighted by Crippen LogP contribution is 2.25. The number of hydrogen-bond donors (Lipinski definition) is 1. The number of aromatic nitrogens is 2. The van der Waals surface area contributed by atoms with Gasteiger partial charge < -0.3 is 4.90 Å². The van der Waals surface area contributed by atoms with Crippen molar-refractivity contribution in [2.75, 3.05) is 13.1 Å². The normalized spacial score (nSPS) is 10.9. The van der Waals surface area contributed by atoms with E-state index < -0.39 is 0 Å². The first-order valence-electron chi connectivity index (χ1n) is 7.98. The monoisotopic (exact) mass is 307 g/mol. The highest BCUT2D eigenvalue weighted by molar-refractivity contribution is 5.95. The quantitative estimate of drug-likeness (QED) is 0.791. The van der Waals surface area contributed by atoms with E-state index in [9.17, 15) is 4.79 Å². The molecule has 118 valence electrons. The first-order valence-corrected chi connectivity index (χ1v) is 7.98. The molecule has 23 heavy (non-hydrogen) atoms. The van der Waals surface area contributed by atoms with Crippen LogP contribution in [0.3, 0.4) is 0 Å². The van der Waals surface area contributed by atoms with E-state index in [2.05, 4.69) is 28.4 Å². The van der Waals surface area contributed by atoms with Crippen LogP contribution < -0.4 is 0 Å². The van der Waals surface area contributed by atoms with E-state index in [-0.39, 0.29) is 5.91 Å². The van der Waals surface area contributed by atoms with Gasteiger partial charge in [0, 0.05) is 29.7 Å². The van der Waals surface area contributed by atoms with Crippen molar-refractivity contribution >= 4 is 16.8 Å². The molecule has 4 heteroatoms. The molecule has 0 aliphatic heterocycles. The van der Waals surface area contributed by atoms with Crippen LogP contribution in [0.5, 0.6) is 0 Å². The van der Waals surface area contributed by atoms with Crippen molar-refractivity contribution in [1.29, 1.82) is 0 Å². The zero-order valence-corrected chi connectivity index (χ0v) is 13.8. The van der Waals surface area contributed by atoms with Crippen LogP contribution in [0.2, 0.25) is 0 Å². The van der Waals surface area contributed by atoms with Crippen molar-refractivity contribution in [2.24, 2.45) is 0 Å². The number of benzene rings is 2. The maximum Gasteiger partial charge on any atom is 0.253 e. The first-order chi connectivity index (χ1) is 11.1. The van der Waals surface area contributed by atoms with Crippen molar-refractivity contribution < 1.29 is 4.79 Å².